The van der Waals surface area contributed by atoms with E-state index in [1.807, 2.05) is 6.07 Å². The van der Waals surface area contributed by atoms with Gasteiger partial charge < -0.3 is 4.74 Å². The average molecular weight is 398 g/mol. The molecule has 0 bridgehead atoms. The fraction of sp³-hybridized carbons (Fsp3) is 0.227. The van der Waals surface area contributed by atoms with Crippen molar-refractivity contribution in [1.29, 1.82) is 0 Å². The van der Waals surface area contributed by atoms with Gasteiger partial charge in [-0.05, 0) is 49.7 Å². The molecule has 0 radical (unpaired) electrons. The van der Waals surface area contributed by atoms with Gasteiger partial charge in [0.15, 0.2) is 5.78 Å². The number of carbonyl (C=O) groups is 1. The first kappa shape index (κ1) is 20.4. The van der Waals surface area contributed by atoms with Crippen LogP contribution in [0, 0.1) is 18.6 Å². The van der Waals surface area contributed by atoms with Crippen molar-refractivity contribution >= 4 is 5.78 Å². The average Bonchev–Trinajstić information content (AvgIpc) is 2.68. The van der Waals surface area contributed by atoms with Gasteiger partial charge in [0.25, 0.3) is 5.56 Å². The monoisotopic (exact) mass is 398 g/mol. The van der Waals surface area contributed by atoms with Crippen molar-refractivity contribution in [3.63, 3.8) is 0 Å². The molecule has 1 heterocycles. The lowest BCUT2D eigenvalue weighted by atomic mass is 10.0. The molecule has 0 saturated heterocycles. The molecule has 0 spiro atoms. The second-order valence-electron chi connectivity index (χ2n) is 6.79. The number of methoxy groups -OCH3 is 1. The number of benzene rings is 2. The zero-order chi connectivity index (χ0) is 21.1. The number of halogens is 2. The molecule has 5 nitrogen and oxygen atoms in total. The van der Waals surface area contributed by atoms with E-state index in [4.69, 9.17) is 4.74 Å². The number of ketones is 1. The number of hydrogen-bond acceptors (Lipinski definition) is 4. The molecule has 0 N–H and O–H groups in total. The second kappa shape index (κ2) is 8.34. The van der Waals surface area contributed by atoms with Crippen molar-refractivity contribution in [2.75, 3.05) is 7.11 Å². The summed E-state index contributed by atoms with van der Waals surface area (Å²) in [6, 6.07) is 10.9. The molecule has 0 aliphatic heterocycles. The van der Waals surface area contributed by atoms with E-state index in [9.17, 15) is 18.4 Å². The summed E-state index contributed by atoms with van der Waals surface area (Å²) in [5.41, 5.74) is 1.47. The van der Waals surface area contributed by atoms with Crippen LogP contribution in [0.1, 0.15) is 24.1 Å². The van der Waals surface area contributed by atoms with Gasteiger partial charge in [0.05, 0.1) is 12.8 Å². The van der Waals surface area contributed by atoms with E-state index in [0.29, 0.717) is 17.0 Å². The molecule has 1 unspecified atom stereocenters. The Morgan fingerprint density at radius 1 is 1.14 bits per heavy atom. The molecule has 1 aromatic heterocycles. The summed E-state index contributed by atoms with van der Waals surface area (Å²) in [4.78, 5) is 25.3. The first-order valence-corrected chi connectivity index (χ1v) is 9.01. The fourth-order valence-corrected chi connectivity index (χ4v) is 3.02. The van der Waals surface area contributed by atoms with E-state index in [2.05, 4.69) is 5.10 Å². The Morgan fingerprint density at radius 3 is 2.48 bits per heavy atom. The van der Waals surface area contributed by atoms with E-state index in [1.165, 1.54) is 0 Å². The number of ether oxygens (including phenoxy) is 1. The maximum atomic E-state index is 13.4. The number of hydrogen-bond donors (Lipinski definition) is 0. The SMILES string of the molecule is COc1cccc(-c2cc(C)c(=O)n(C(C)C(=O)Cc3cc(F)cc(F)c3)n2)c1. The molecular weight excluding hydrogens is 378 g/mol. The smallest absolute Gasteiger partial charge is 0.270 e. The third kappa shape index (κ3) is 4.56. The van der Waals surface area contributed by atoms with Gasteiger partial charge in [-0.15, -0.1) is 0 Å². The Morgan fingerprint density at radius 2 is 1.83 bits per heavy atom. The number of carbonyl (C=O) groups excluding carboxylic acids is 1. The molecule has 0 fully saturated rings. The van der Waals surface area contributed by atoms with E-state index < -0.39 is 23.2 Å². The van der Waals surface area contributed by atoms with E-state index in [-0.39, 0.29) is 17.8 Å². The normalized spacial score (nSPS) is 11.9. The highest BCUT2D eigenvalue weighted by Gasteiger charge is 2.20. The third-order valence-electron chi connectivity index (χ3n) is 4.61. The van der Waals surface area contributed by atoms with Crippen molar-refractivity contribution in [2.24, 2.45) is 0 Å². The predicted molar refractivity (Wildman–Crippen MR) is 105 cm³/mol. The van der Waals surface area contributed by atoms with Crippen LogP contribution in [0.15, 0.2) is 53.3 Å². The Hall–Kier alpha value is -3.35. The minimum atomic E-state index is -0.905. The van der Waals surface area contributed by atoms with E-state index in [1.54, 1.807) is 45.2 Å². The van der Waals surface area contributed by atoms with Gasteiger partial charge in [-0.3, -0.25) is 9.59 Å². The molecule has 2 aromatic carbocycles. The van der Waals surface area contributed by atoms with Crippen molar-refractivity contribution in [3.05, 3.63) is 81.6 Å². The molecule has 0 saturated carbocycles. The second-order valence-corrected chi connectivity index (χ2v) is 6.79. The Kier molecular flexibility index (Phi) is 5.87. The molecule has 0 amide bonds. The Bertz CT molecular complexity index is 1110. The van der Waals surface area contributed by atoms with Crippen LogP contribution in [0.3, 0.4) is 0 Å². The quantitative estimate of drug-likeness (QED) is 0.632. The topological polar surface area (TPSA) is 61.2 Å². The summed E-state index contributed by atoms with van der Waals surface area (Å²) in [7, 11) is 1.55. The van der Waals surface area contributed by atoms with Gasteiger partial charge in [-0.25, -0.2) is 13.5 Å². The lowest BCUT2D eigenvalue weighted by Crippen LogP contribution is -2.32. The van der Waals surface area contributed by atoms with Gasteiger partial charge >= 0.3 is 0 Å². The highest BCUT2D eigenvalue weighted by atomic mass is 19.1. The van der Waals surface area contributed by atoms with Gasteiger partial charge in [-0.1, -0.05) is 12.1 Å². The molecule has 1 atom stereocenters. The zero-order valence-corrected chi connectivity index (χ0v) is 16.3. The fourth-order valence-electron chi connectivity index (χ4n) is 3.02. The lowest BCUT2D eigenvalue weighted by Gasteiger charge is -2.15. The maximum Gasteiger partial charge on any atom is 0.270 e. The van der Waals surface area contributed by atoms with Gasteiger partial charge in [0.2, 0.25) is 0 Å². The molecule has 150 valence electrons. The molecule has 0 aliphatic rings. The number of Topliss-reactive ketones (excluding diaryl/α,β-unsaturated/α-hetero) is 1. The van der Waals surface area contributed by atoms with Crippen molar-refractivity contribution < 1.29 is 18.3 Å². The van der Waals surface area contributed by atoms with Gasteiger partial charge in [0, 0.05) is 23.6 Å². The van der Waals surface area contributed by atoms with Crippen LogP contribution < -0.4 is 10.3 Å². The minimum absolute atomic E-state index is 0.202. The third-order valence-corrected chi connectivity index (χ3v) is 4.61. The molecule has 3 rings (SSSR count). The summed E-state index contributed by atoms with van der Waals surface area (Å²) in [6.45, 7) is 3.19. The van der Waals surface area contributed by atoms with E-state index in [0.717, 1.165) is 28.4 Å². The van der Waals surface area contributed by atoms with Gasteiger partial charge in [-0.2, -0.15) is 5.10 Å². The number of nitrogens with zero attached hydrogens (tertiary/aromatic N) is 2. The van der Waals surface area contributed by atoms with Crippen LogP contribution in [-0.4, -0.2) is 22.7 Å². The number of rotatable bonds is 6. The summed E-state index contributed by atoms with van der Waals surface area (Å²) in [5, 5.41) is 4.36. The zero-order valence-electron chi connectivity index (χ0n) is 16.3. The summed E-state index contributed by atoms with van der Waals surface area (Å²) >= 11 is 0. The van der Waals surface area contributed by atoms with Crippen LogP contribution in [0.2, 0.25) is 0 Å². The molecule has 7 heteroatoms. The standard InChI is InChI=1S/C22H20F2N2O3/c1-13-7-20(16-5-4-6-19(11-16)29-3)25-26(22(13)28)14(2)21(27)10-15-8-17(23)12-18(24)9-15/h4-9,11-12,14H,10H2,1-3H3. The highest BCUT2D eigenvalue weighted by Crippen LogP contribution is 2.22. The lowest BCUT2D eigenvalue weighted by molar-refractivity contribution is -0.121. The van der Waals surface area contributed by atoms with Crippen LogP contribution >= 0.6 is 0 Å². The molecule has 29 heavy (non-hydrogen) atoms. The predicted octanol–water partition coefficient (Wildman–Crippen LogP) is 3.88. The van der Waals surface area contributed by atoms with E-state index >= 15 is 0 Å². The van der Waals surface area contributed by atoms with Crippen molar-refractivity contribution in [2.45, 2.75) is 26.3 Å². The molecule has 3 aromatic rings. The van der Waals surface area contributed by atoms with Crippen molar-refractivity contribution in [3.8, 4) is 17.0 Å². The summed E-state index contributed by atoms with van der Waals surface area (Å²) in [6.07, 6.45) is -0.216. The number of aryl methyl sites for hydroxylation is 1. The summed E-state index contributed by atoms with van der Waals surface area (Å²) in [5.74, 6) is -1.26. The Labute approximate surface area is 166 Å². The largest absolute Gasteiger partial charge is 0.497 e. The van der Waals surface area contributed by atoms with Crippen LogP contribution in [0.5, 0.6) is 5.75 Å². The first-order chi connectivity index (χ1) is 13.8. The van der Waals surface area contributed by atoms with Crippen LogP contribution in [0.4, 0.5) is 8.78 Å². The Balaban J connectivity index is 1.95. The van der Waals surface area contributed by atoms with Crippen LogP contribution in [0.25, 0.3) is 11.3 Å². The van der Waals surface area contributed by atoms with Crippen LogP contribution in [-0.2, 0) is 11.2 Å². The maximum absolute atomic E-state index is 13.4. The molecule has 0 aliphatic carbocycles. The summed E-state index contributed by atoms with van der Waals surface area (Å²) < 4.78 is 33.1. The first-order valence-electron chi connectivity index (χ1n) is 9.01. The number of aromatic nitrogens is 2. The minimum Gasteiger partial charge on any atom is -0.497 e. The van der Waals surface area contributed by atoms with Crippen molar-refractivity contribution in [1.82, 2.24) is 9.78 Å². The molecular formula is C22H20F2N2O3. The van der Waals surface area contributed by atoms with Gasteiger partial charge in [0.1, 0.15) is 23.4 Å². The highest BCUT2D eigenvalue weighted by molar-refractivity contribution is 5.84.